The molecule has 1 aliphatic rings. The molecule has 0 aliphatic heterocycles. The SMILES string of the molecule is N#Cc1ccnc(NCC2(CO)CCCCC2)c1Cl. The van der Waals surface area contributed by atoms with Crippen LogP contribution in [-0.4, -0.2) is 23.2 Å². The van der Waals surface area contributed by atoms with E-state index in [1.165, 1.54) is 6.42 Å². The van der Waals surface area contributed by atoms with E-state index in [4.69, 9.17) is 16.9 Å². The van der Waals surface area contributed by atoms with E-state index in [9.17, 15) is 5.11 Å². The molecule has 0 unspecified atom stereocenters. The van der Waals surface area contributed by atoms with Gasteiger partial charge in [-0.25, -0.2) is 4.98 Å². The Labute approximate surface area is 118 Å². The van der Waals surface area contributed by atoms with Crippen molar-refractivity contribution in [1.29, 1.82) is 5.26 Å². The van der Waals surface area contributed by atoms with Gasteiger partial charge in [0, 0.05) is 18.2 Å². The molecule has 0 radical (unpaired) electrons. The second-order valence-corrected chi connectivity index (χ2v) is 5.58. The highest BCUT2D eigenvalue weighted by molar-refractivity contribution is 6.34. The zero-order valence-electron chi connectivity index (χ0n) is 10.8. The van der Waals surface area contributed by atoms with Crippen molar-refractivity contribution in [3.63, 3.8) is 0 Å². The molecule has 1 saturated carbocycles. The average Bonchev–Trinajstić information content (AvgIpc) is 2.47. The number of hydrogen-bond donors (Lipinski definition) is 2. The first-order valence-electron chi connectivity index (χ1n) is 6.60. The van der Waals surface area contributed by atoms with Crippen molar-refractivity contribution in [3.8, 4) is 6.07 Å². The molecule has 1 fully saturated rings. The van der Waals surface area contributed by atoms with Crippen LogP contribution < -0.4 is 5.32 Å². The highest BCUT2D eigenvalue weighted by Crippen LogP contribution is 2.36. The van der Waals surface area contributed by atoms with Crippen molar-refractivity contribution in [1.82, 2.24) is 4.98 Å². The van der Waals surface area contributed by atoms with Gasteiger partial charge < -0.3 is 10.4 Å². The van der Waals surface area contributed by atoms with Crippen LogP contribution in [0.3, 0.4) is 0 Å². The number of nitrogens with zero attached hydrogens (tertiary/aromatic N) is 2. The van der Waals surface area contributed by atoms with Gasteiger partial charge in [-0.2, -0.15) is 5.26 Å². The van der Waals surface area contributed by atoms with E-state index in [1.54, 1.807) is 12.3 Å². The summed E-state index contributed by atoms with van der Waals surface area (Å²) in [6.07, 6.45) is 7.16. The van der Waals surface area contributed by atoms with Gasteiger partial charge in [0.25, 0.3) is 0 Å². The molecule has 19 heavy (non-hydrogen) atoms. The summed E-state index contributed by atoms with van der Waals surface area (Å²) in [5.41, 5.74) is 0.340. The highest BCUT2D eigenvalue weighted by Gasteiger charge is 2.31. The summed E-state index contributed by atoms with van der Waals surface area (Å²) >= 11 is 6.11. The Morgan fingerprint density at radius 1 is 1.42 bits per heavy atom. The summed E-state index contributed by atoms with van der Waals surface area (Å²) in [5.74, 6) is 0.527. The van der Waals surface area contributed by atoms with Crippen LogP contribution in [0, 0.1) is 16.7 Å². The second kappa shape index (κ2) is 6.23. The summed E-state index contributed by atoms with van der Waals surface area (Å²) in [6.45, 7) is 0.820. The number of nitriles is 1. The minimum atomic E-state index is -0.0775. The molecule has 5 heteroatoms. The average molecular weight is 280 g/mol. The first kappa shape index (κ1) is 14.1. The molecule has 2 N–H and O–H groups in total. The van der Waals surface area contributed by atoms with Crippen LogP contribution in [0.15, 0.2) is 12.3 Å². The van der Waals surface area contributed by atoms with Crippen LogP contribution >= 0.6 is 11.6 Å². The predicted octanol–water partition coefficient (Wildman–Crippen LogP) is 2.96. The molecule has 1 aromatic heterocycles. The lowest BCUT2D eigenvalue weighted by atomic mass is 9.74. The van der Waals surface area contributed by atoms with E-state index in [1.807, 2.05) is 6.07 Å². The standard InChI is InChI=1S/C14H18ClN3O/c15-12-11(8-16)4-7-17-13(12)18-9-14(10-19)5-2-1-3-6-14/h4,7,19H,1-3,5-6,9-10H2,(H,17,18). The number of hydrogen-bond acceptors (Lipinski definition) is 4. The van der Waals surface area contributed by atoms with Crippen molar-refractivity contribution >= 4 is 17.4 Å². The van der Waals surface area contributed by atoms with Gasteiger partial charge >= 0.3 is 0 Å². The predicted molar refractivity (Wildman–Crippen MR) is 75.1 cm³/mol. The van der Waals surface area contributed by atoms with Gasteiger partial charge in [-0.3, -0.25) is 0 Å². The van der Waals surface area contributed by atoms with E-state index in [0.29, 0.717) is 22.9 Å². The van der Waals surface area contributed by atoms with Crippen molar-refractivity contribution in [2.45, 2.75) is 32.1 Å². The molecular weight excluding hydrogens is 262 g/mol. The maximum Gasteiger partial charge on any atom is 0.146 e. The molecule has 2 rings (SSSR count). The Morgan fingerprint density at radius 3 is 2.79 bits per heavy atom. The first-order valence-corrected chi connectivity index (χ1v) is 6.98. The van der Waals surface area contributed by atoms with E-state index in [-0.39, 0.29) is 12.0 Å². The number of pyridine rings is 1. The molecule has 0 spiro atoms. The summed E-state index contributed by atoms with van der Waals surface area (Å²) in [5, 5.41) is 22.1. The van der Waals surface area contributed by atoms with E-state index < -0.39 is 0 Å². The number of aliphatic hydroxyl groups is 1. The fourth-order valence-corrected chi connectivity index (χ4v) is 2.84. The fourth-order valence-electron chi connectivity index (χ4n) is 2.62. The van der Waals surface area contributed by atoms with Crippen molar-refractivity contribution in [2.24, 2.45) is 5.41 Å². The third-order valence-corrected chi connectivity index (χ3v) is 4.27. The maximum atomic E-state index is 9.64. The lowest BCUT2D eigenvalue weighted by Gasteiger charge is -2.35. The first-order chi connectivity index (χ1) is 9.21. The van der Waals surface area contributed by atoms with Crippen molar-refractivity contribution < 1.29 is 5.11 Å². The normalized spacial score (nSPS) is 17.7. The summed E-state index contributed by atoms with van der Waals surface area (Å²) < 4.78 is 0. The largest absolute Gasteiger partial charge is 0.396 e. The van der Waals surface area contributed by atoms with Gasteiger partial charge in [0.15, 0.2) is 0 Å². The van der Waals surface area contributed by atoms with E-state index in [2.05, 4.69) is 10.3 Å². The fraction of sp³-hybridized carbons (Fsp3) is 0.571. The lowest BCUT2D eigenvalue weighted by Crippen LogP contribution is -2.35. The van der Waals surface area contributed by atoms with Crippen LogP contribution in [0.1, 0.15) is 37.7 Å². The quantitative estimate of drug-likeness (QED) is 0.889. The van der Waals surface area contributed by atoms with Crippen LogP contribution in [0.5, 0.6) is 0 Å². The Hall–Kier alpha value is -1.31. The Bertz CT molecular complexity index is 478. The van der Waals surface area contributed by atoms with Gasteiger partial charge in [0.2, 0.25) is 0 Å². The smallest absolute Gasteiger partial charge is 0.146 e. The molecule has 1 aliphatic carbocycles. The summed E-state index contributed by atoms with van der Waals surface area (Å²) in [7, 11) is 0. The summed E-state index contributed by atoms with van der Waals surface area (Å²) in [6, 6.07) is 3.63. The minimum absolute atomic E-state index is 0.0775. The molecule has 0 bridgehead atoms. The topological polar surface area (TPSA) is 68.9 Å². The minimum Gasteiger partial charge on any atom is -0.396 e. The van der Waals surface area contributed by atoms with Gasteiger partial charge in [0.05, 0.1) is 12.2 Å². The Balaban J connectivity index is 2.07. The van der Waals surface area contributed by atoms with Gasteiger partial charge in [-0.1, -0.05) is 30.9 Å². The Kier molecular flexibility index (Phi) is 4.62. The van der Waals surface area contributed by atoms with E-state index >= 15 is 0 Å². The van der Waals surface area contributed by atoms with E-state index in [0.717, 1.165) is 25.7 Å². The third kappa shape index (κ3) is 3.17. The summed E-state index contributed by atoms with van der Waals surface area (Å²) in [4.78, 5) is 4.16. The number of rotatable bonds is 4. The monoisotopic (exact) mass is 279 g/mol. The number of anilines is 1. The van der Waals surface area contributed by atoms with Gasteiger partial charge in [0.1, 0.15) is 16.9 Å². The molecule has 102 valence electrons. The van der Waals surface area contributed by atoms with Gasteiger partial charge in [-0.15, -0.1) is 0 Å². The maximum absolute atomic E-state index is 9.64. The van der Waals surface area contributed by atoms with Crippen LogP contribution in [0.2, 0.25) is 5.02 Å². The Morgan fingerprint density at radius 2 is 2.16 bits per heavy atom. The number of aromatic nitrogens is 1. The van der Waals surface area contributed by atoms with Crippen LogP contribution in [-0.2, 0) is 0 Å². The molecule has 1 heterocycles. The molecule has 0 saturated heterocycles. The van der Waals surface area contributed by atoms with Crippen molar-refractivity contribution in [3.05, 3.63) is 22.8 Å². The molecule has 0 atom stereocenters. The van der Waals surface area contributed by atoms with Gasteiger partial charge in [-0.05, 0) is 18.9 Å². The molecule has 0 aromatic carbocycles. The number of aliphatic hydroxyl groups excluding tert-OH is 1. The molecule has 1 aromatic rings. The number of halogens is 1. The zero-order valence-corrected chi connectivity index (χ0v) is 11.6. The van der Waals surface area contributed by atoms with Crippen LogP contribution in [0.4, 0.5) is 5.82 Å². The second-order valence-electron chi connectivity index (χ2n) is 5.21. The van der Waals surface area contributed by atoms with Crippen LogP contribution in [0.25, 0.3) is 0 Å². The highest BCUT2D eigenvalue weighted by atomic mass is 35.5. The zero-order chi connectivity index (χ0) is 13.7. The molecule has 4 nitrogen and oxygen atoms in total. The molecule has 0 amide bonds. The number of nitrogens with one attached hydrogen (secondary N) is 1. The van der Waals surface area contributed by atoms with Crippen molar-refractivity contribution in [2.75, 3.05) is 18.5 Å². The lowest BCUT2D eigenvalue weighted by molar-refractivity contribution is 0.0943. The molecular formula is C14H18ClN3O. The third-order valence-electron chi connectivity index (χ3n) is 3.89.